The fourth-order valence-electron chi connectivity index (χ4n) is 3.91. The van der Waals surface area contributed by atoms with E-state index in [9.17, 15) is 13.2 Å². The Bertz CT molecular complexity index is 1020. The smallest absolute Gasteiger partial charge is 0.243 e. The SMILES string of the molecule is CC(=O)N1CCOc2cc(S(=O)(=O)N3CCC[C@@H]3c3ccccc3Cl)ccc21. The molecule has 0 radical (unpaired) electrons. The van der Waals surface area contributed by atoms with Crippen LogP contribution in [0.3, 0.4) is 0 Å². The molecule has 0 saturated carbocycles. The first kappa shape index (κ1) is 19.2. The molecule has 0 bridgehead atoms. The van der Waals surface area contributed by atoms with E-state index in [-0.39, 0.29) is 16.8 Å². The van der Waals surface area contributed by atoms with Crippen molar-refractivity contribution < 1.29 is 17.9 Å². The number of carbonyl (C=O) groups is 1. The van der Waals surface area contributed by atoms with Crippen LogP contribution in [0.25, 0.3) is 0 Å². The summed E-state index contributed by atoms with van der Waals surface area (Å²) in [6, 6.07) is 11.8. The topological polar surface area (TPSA) is 66.9 Å². The zero-order valence-corrected chi connectivity index (χ0v) is 17.0. The zero-order chi connectivity index (χ0) is 19.9. The van der Waals surface area contributed by atoms with Gasteiger partial charge in [0.2, 0.25) is 15.9 Å². The number of carbonyl (C=O) groups excluding carboxylic acids is 1. The third-order valence-electron chi connectivity index (χ3n) is 5.25. The van der Waals surface area contributed by atoms with Crippen LogP contribution in [0.4, 0.5) is 5.69 Å². The number of nitrogens with zero attached hydrogens (tertiary/aromatic N) is 2. The monoisotopic (exact) mass is 420 g/mol. The first-order valence-corrected chi connectivity index (χ1v) is 11.0. The average molecular weight is 421 g/mol. The molecule has 0 aliphatic carbocycles. The zero-order valence-electron chi connectivity index (χ0n) is 15.5. The van der Waals surface area contributed by atoms with E-state index >= 15 is 0 Å². The highest BCUT2D eigenvalue weighted by Gasteiger charge is 2.37. The van der Waals surface area contributed by atoms with E-state index in [2.05, 4.69) is 0 Å². The van der Waals surface area contributed by atoms with Crippen molar-refractivity contribution in [3.05, 3.63) is 53.1 Å². The second-order valence-electron chi connectivity index (χ2n) is 6.94. The van der Waals surface area contributed by atoms with Crippen molar-refractivity contribution in [2.24, 2.45) is 0 Å². The van der Waals surface area contributed by atoms with Gasteiger partial charge in [-0.1, -0.05) is 29.8 Å². The van der Waals surface area contributed by atoms with Gasteiger partial charge in [0.25, 0.3) is 0 Å². The van der Waals surface area contributed by atoms with Gasteiger partial charge < -0.3 is 9.64 Å². The summed E-state index contributed by atoms with van der Waals surface area (Å²) in [6.07, 6.45) is 1.50. The minimum Gasteiger partial charge on any atom is -0.489 e. The summed E-state index contributed by atoms with van der Waals surface area (Å²) in [5.41, 5.74) is 1.42. The van der Waals surface area contributed by atoms with Gasteiger partial charge in [-0.25, -0.2) is 8.42 Å². The predicted octanol–water partition coefficient (Wildman–Crippen LogP) is 3.61. The highest BCUT2D eigenvalue weighted by molar-refractivity contribution is 7.89. The Morgan fingerprint density at radius 3 is 2.71 bits per heavy atom. The fourth-order valence-corrected chi connectivity index (χ4v) is 5.86. The van der Waals surface area contributed by atoms with Crippen LogP contribution in [-0.2, 0) is 14.8 Å². The molecule has 4 rings (SSSR count). The molecule has 148 valence electrons. The molecule has 1 fully saturated rings. The highest BCUT2D eigenvalue weighted by atomic mass is 35.5. The molecule has 0 spiro atoms. The molecule has 8 heteroatoms. The lowest BCUT2D eigenvalue weighted by Gasteiger charge is -2.30. The van der Waals surface area contributed by atoms with Crippen LogP contribution in [0.15, 0.2) is 47.4 Å². The number of fused-ring (bicyclic) bond motifs is 1. The van der Waals surface area contributed by atoms with Crippen LogP contribution >= 0.6 is 11.6 Å². The van der Waals surface area contributed by atoms with Gasteiger partial charge >= 0.3 is 0 Å². The number of halogens is 1. The van der Waals surface area contributed by atoms with Crippen molar-refractivity contribution in [2.75, 3.05) is 24.6 Å². The summed E-state index contributed by atoms with van der Waals surface area (Å²) in [6.45, 7) is 2.71. The molecule has 0 N–H and O–H groups in total. The molecule has 2 heterocycles. The van der Waals surface area contributed by atoms with E-state index < -0.39 is 10.0 Å². The standard InChI is InChI=1S/C20H21ClN2O4S/c1-14(24)22-11-12-27-20-13-15(8-9-19(20)22)28(25,26)23-10-4-7-18(23)16-5-2-3-6-17(16)21/h2-3,5-6,8-9,13,18H,4,7,10-12H2,1H3/t18-/m1/s1. The maximum Gasteiger partial charge on any atom is 0.243 e. The fraction of sp³-hybridized carbons (Fsp3) is 0.350. The van der Waals surface area contributed by atoms with Gasteiger partial charge in [0.15, 0.2) is 0 Å². The van der Waals surface area contributed by atoms with Crippen LogP contribution in [0.5, 0.6) is 5.75 Å². The Hall–Kier alpha value is -2.09. The lowest BCUT2D eigenvalue weighted by Crippen LogP contribution is -2.36. The summed E-state index contributed by atoms with van der Waals surface area (Å²) in [5, 5.41) is 0.570. The van der Waals surface area contributed by atoms with Crippen LogP contribution < -0.4 is 9.64 Å². The summed E-state index contributed by atoms with van der Waals surface area (Å²) >= 11 is 6.33. The Morgan fingerprint density at radius 1 is 1.18 bits per heavy atom. The molecular weight excluding hydrogens is 400 g/mol. The van der Waals surface area contributed by atoms with E-state index in [1.165, 1.54) is 17.3 Å². The van der Waals surface area contributed by atoms with Crippen LogP contribution in [0, 0.1) is 0 Å². The molecule has 1 atom stereocenters. The van der Waals surface area contributed by atoms with Gasteiger partial charge in [0.05, 0.1) is 23.2 Å². The quantitative estimate of drug-likeness (QED) is 0.760. The number of benzene rings is 2. The second kappa shape index (κ2) is 7.39. The van der Waals surface area contributed by atoms with Crippen LogP contribution in [-0.4, -0.2) is 38.3 Å². The van der Waals surface area contributed by atoms with Gasteiger partial charge in [0, 0.05) is 24.6 Å². The number of amides is 1. The molecular formula is C20H21ClN2O4S. The van der Waals surface area contributed by atoms with E-state index in [4.69, 9.17) is 16.3 Å². The summed E-state index contributed by atoms with van der Waals surface area (Å²) in [4.78, 5) is 13.6. The largest absolute Gasteiger partial charge is 0.489 e. The third kappa shape index (κ3) is 3.27. The summed E-state index contributed by atoms with van der Waals surface area (Å²) in [7, 11) is -3.73. The predicted molar refractivity (Wildman–Crippen MR) is 107 cm³/mol. The summed E-state index contributed by atoms with van der Waals surface area (Å²) < 4.78 is 33.9. The van der Waals surface area contributed by atoms with E-state index in [0.29, 0.717) is 36.2 Å². The van der Waals surface area contributed by atoms with E-state index in [1.807, 2.05) is 18.2 Å². The van der Waals surface area contributed by atoms with Crippen LogP contribution in [0.1, 0.15) is 31.4 Å². The van der Waals surface area contributed by atoms with Crippen molar-refractivity contribution in [3.8, 4) is 5.75 Å². The molecule has 2 aliphatic heterocycles. The molecule has 0 aromatic heterocycles. The number of anilines is 1. The first-order valence-electron chi connectivity index (χ1n) is 9.21. The van der Waals surface area contributed by atoms with Gasteiger partial charge in [-0.15, -0.1) is 0 Å². The maximum absolute atomic E-state index is 13.4. The lowest BCUT2D eigenvalue weighted by molar-refractivity contribution is -0.116. The molecule has 28 heavy (non-hydrogen) atoms. The number of ether oxygens (including phenoxy) is 1. The van der Waals surface area contributed by atoms with Crippen molar-refractivity contribution >= 4 is 33.2 Å². The highest BCUT2D eigenvalue weighted by Crippen LogP contribution is 2.41. The van der Waals surface area contributed by atoms with E-state index in [1.54, 1.807) is 23.1 Å². The number of rotatable bonds is 3. The van der Waals surface area contributed by atoms with Crippen molar-refractivity contribution in [1.29, 1.82) is 0 Å². The minimum atomic E-state index is -3.73. The van der Waals surface area contributed by atoms with Crippen LogP contribution in [0.2, 0.25) is 5.02 Å². The molecule has 2 aromatic carbocycles. The Kier molecular flexibility index (Phi) is 5.07. The molecule has 2 aliphatic rings. The average Bonchev–Trinajstić information content (AvgIpc) is 3.17. The Labute approximate surface area is 169 Å². The molecule has 6 nitrogen and oxygen atoms in total. The van der Waals surface area contributed by atoms with Gasteiger partial charge in [-0.3, -0.25) is 4.79 Å². The van der Waals surface area contributed by atoms with Gasteiger partial charge in [0.1, 0.15) is 12.4 Å². The first-order chi connectivity index (χ1) is 13.4. The normalized spacial score (nSPS) is 19.9. The third-order valence-corrected chi connectivity index (χ3v) is 7.50. The number of sulfonamides is 1. The lowest BCUT2D eigenvalue weighted by atomic mass is 10.1. The van der Waals surface area contributed by atoms with Gasteiger partial charge in [-0.05, 0) is 36.6 Å². The van der Waals surface area contributed by atoms with Crippen molar-refractivity contribution in [3.63, 3.8) is 0 Å². The Morgan fingerprint density at radius 2 is 1.96 bits per heavy atom. The Balaban J connectivity index is 1.70. The van der Waals surface area contributed by atoms with Crippen molar-refractivity contribution in [2.45, 2.75) is 30.7 Å². The molecule has 2 aromatic rings. The second-order valence-corrected chi connectivity index (χ2v) is 9.24. The van der Waals surface area contributed by atoms with Gasteiger partial charge in [-0.2, -0.15) is 4.31 Å². The van der Waals surface area contributed by atoms with Crippen molar-refractivity contribution in [1.82, 2.24) is 4.31 Å². The van der Waals surface area contributed by atoms with E-state index in [0.717, 1.165) is 18.4 Å². The summed E-state index contributed by atoms with van der Waals surface area (Å²) in [5.74, 6) is 0.314. The number of hydrogen-bond acceptors (Lipinski definition) is 4. The molecule has 1 amide bonds. The molecule has 0 unspecified atom stereocenters. The minimum absolute atomic E-state index is 0.0986. The maximum atomic E-state index is 13.4. The molecule has 1 saturated heterocycles. The number of hydrogen-bond donors (Lipinski definition) is 0.